The van der Waals surface area contributed by atoms with Gasteiger partial charge in [0.1, 0.15) is 17.7 Å². The quantitative estimate of drug-likeness (QED) is 0.340. The minimum Gasteiger partial charge on any atom is -0.478 e. The average molecular weight is 462 g/mol. The number of imidazole rings is 1. The number of nitrogens with zero attached hydrogens (tertiary/aromatic N) is 2. The molecule has 0 radical (unpaired) electrons. The highest BCUT2D eigenvalue weighted by molar-refractivity contribution is 5.89. The van der Waals surface area contributed by atoms with Crippen LogP contribution in [0.1, 0.15) is 38.7 Å². The van der Waals surface area contributed by atoms with Gasteiger partial charge in [-0.3, -0.25) is 0 Å². The standard InChI is InChI=1S/C27H24F2N2O3/c28-23-8-2-19(3-9-23)1-4-21-17-22(7-12-25(21)27(32)33)26(20-5-10-24(29)11-6-20)34-16-15-31-14-13-30-18-31/h2-3,5-14,17-18,26H,1,4,15-16H2,(H,32,33). The summed E-state index contributed by atoms with van der Waals surface area (Å²) in [5.41, 5.74) is 3.31. The maximum atomic E-state index is 13.5. The van der Waals surface area contributed by atoms with Crippen molar-refractivity contribution in [2.45, 2.75) is 25.5 Å². The van der Waals surface area contributed by atoms with E-state index in [0.29, 0.717) is 31.6 Å². The van der Waals surface area contributed by atoms with Gasteiger partial charge in [-0.15, -0.1) is 0 Å². The molecule has 1 N–H and O–H groups in total. The second-order valence-corrected chi connectivity index (χ2v) is 7.95. The zero-order valence-corrected chi connectivity index (χ0v) is 18.4. The van der Waals surface area contributed by atoms with E-state index in [-0.39, 0.29) is 17.2 Å². The minimum absolute atomic E-state index is 0.210. The molecule has 0 spiro atoms. The first kappa shape index (κ1) is 23.3. The molecule has 0 fully saturated rings. The fourth-order valence-electron chi connectivity index (χ4n) is 3.84. The van der Waals surface area contributed by atoms with Crippen molar-refractivity contribution in [1.29, 1.82) is 0 Å². The molecule has 7 heteroatoms. The third kappa shape index (κ3) is 5.94. The van der Waals surface area contributed by atoms with Gasteiger partial charge in [0.15, 0.2) is 0 Å². The average Bonchev–Trinajstić information content (AvgIpc) is 3.36. The number of hydrogen-bond acceptors (Lipinski definition) is 3. The van der Waals surface area contributed by atoms with E-state index in [4.69, 9.17) is 4.74 Å². The number of ether oxygens (including phenoxy) is 1. The van der Waals surface area contributed by atoms with Crippen LogP contribution in [0.25, 0.3) is 0 Å². The third-order valence-corrected chi connectivity index (χ3v) is 5.62. The van der Waals surface area contributed by atoms with Crippen molar-refractivity contribution < 1.29 is 23.4 Å². The van der Waals surface area contributed by atoms with Gasteiger partial charge in [0.25, 0.3) is 0 Å². The number of benzene rings is 3. The zero-order valence-electron chi connectivity index (χ0n) is 18.4. The van der Waals surface area contributed by atoms with Crippen LogP contribution in [-0.4, -0.2) is 27.2 Å². The largest absolute Gasteiger partial charge is 0.478 e. The van der Waals surface area contributed by atoms with Gasteiger partial charge in [0.05, 0.1) is 18.5 Å². The van der Waals surface area contributed by atoms with E-state index >= 15 is 0 Å². The van der Waals surface area contributed by atoms with Crippen LogP contribution in [-0.2, 0) is 24.1 Å². The van der Waals surface area contributed by atoms with Crippen LogP contribution in [0.4, 0.5) is 8.78 Å². The Kier molecular flexibility index (Phi) is 7.44. The van der Waals surface area contributed by atoms with Gasteiger partial charge >= 0.3 is 5.97 Å². The highest BCUT2D eigenvalue weighted by atomic mass is 19.1. The van der Waals surface area contributed by atoms with Crippen LogP contribution >= 0.6 is 0 Å². The molecule has 0 bridgehead atoms. The summed E-state index contributed by atoms with van der Waals surface area (Å²) in [6, 6.07) is 17.4. The third-order valence-electron chi connectivity index (χ3n) is 5.62. The molecule has 1 unspecified atom stereocenters. The summed E-state index contributed by atoms with van der Waals surface area (Å²) in [4.78, 5) is 15.9. The Balaban J connectivity index is 1.60. The van der Waals surface area contributed by atoms with Crippen LogP contribution in [0.15, 0.2) is 85.5 Å². The number of carbonyl (C=O) groups is 1. The predicted molar refractivity (Wildman–Crippen MR) is 124 cm³/mol. The molecule has 3 aromatic carbocycles. The van der Waals surface area contributed by atoms with Gasteiger partial charge in [-0.05, 0) is 65.4 Å². The molecule has 0 amide bonds. The summed E-state index contributed by atoms with van der Waals surface area (Å²) in [6.45, 7) is 0.965. The molecule has 174 valence electrons. The van der Waals surface area contributed by atoms with Crippen LogP contribution in [0.3, 0.4) is 0 Å². The van der Waals surface area contributed by atoms with Gasteiger partial charge < -0.3 is 14.4 Å². The van der Waals surface area contributed by atoms with Crippen molar-refractivity contribution in [2.75, 3.05) is 6.61 Å². The second kappa shape index (κ2) is 10.9. The summed E-state index contributed by atoms with van der Waals surface area (Å²) < 4.78 is 34.9. The lowest BCUT2D eigenvalue weighted by molar-refractivity contribution is 0.0691. The van der Waals surface area contributed by atoms with Crippen LogP contribution < -0.4 is 0 Å². The van der Waals surface area contributed by atoms with Gasteiger partial charge in [-0.1, -0.05) is 36.4 Å². The Labute approximate surface area is 196 Å². The normalized spacial score (nSPS) is 11.9. The monoisotopic (exact) mass is 462 g/mol. The van der Waals surface area contributed by atoms with E-state index in [2.05, 4.69) is 4.98 Å². The summed E-state index contributed by atoms with van der Waals surface area (Å²) in [5, 5.41) is 9.69. The maximum absolute atomic E-state index is 13.5. The highest BCUT2D eigenvalue weighted by Gasteiger charge is 2.19. The molecule has 0 saturated carbocycles. The molecule has 4 rings (SSSR count). The smallest absolute Gasteiger partial charge is 0.335 e. The van der Waals surface area contributed by atoms with Gasteiger partial charge in [0.2, 0.25) is 0 Å². The SMILES string of the molecule is O=C(O)c1ccc(C(OCCn2ccnc2)c2ccc(F)cc2)cc1CCc1ccc(F)cc1. The Morgan fingerprint density at radius 1 is 0.941 bits per heavy atom. The molecular formula is C27H24F2N2O3. The van der Waals surface area contributed by atoms with E-state index < -0.39 is 12.1 Å². The molecule has 0 aliphatic rings. The lowest BCUT2D eigenvalue weighted by Crippen LogP contribution is -2.13. The van der Waals surface area contributed by atoms with Crippen LogP contribution in [0, 0.1) is 11.6 Å². The second-order valence-electron chi connectivity index (χ2n) is 7.95. The van der Waals surface area contributed by atoms with Crippen molar-refractivity contribution in [3.8, 4) is 0 Å². The van der Waals surface area contributed by atoms with Crippen molar-refractivity contribution in [3.63, 3.8) is 0 Å². The van der Waals surface area contributed by atoms with Gasteiger partial charge in [-0.2, -0.15) is 0 Å². The Hall–Kier alpha value is -3.84. The molecule has 34 heavy (non-hydrogen) atoms. The van der Waals surface area contributed by atoms with Crippen molar-refractivity contribution in [2.24, 2.45) is 0 Å². The van der Waals surface area contributed by atoms with E-state index in [0.717, 1.165) is 16.7 Å². The summed E-state index contributed by atoms with van der Waals surface area (Å²) >= 11 is 0. The molecule has 0 aliphatic carbocycles. The van der Waals surface area contributed by atoms with E-state index in [1.54, 1.807) is 48.9 Å². The first-order valence-corrected chi connectivity index (χ1v) is 10.9. The van der Waals surface area contributed by atoms with Gasteiger partial charge in [-0.25, -0.2) is 18.6 Å². The molecule has 1 aromatic heterocycles. The number of halogens is 2. The topological polar surface area (TPSA) is 64.3 Å². The lowest BCUT2D eigenvalue weighted by Gasteiger charge is -2.21. The number of aromatic carboxylic acids is 1. The maximum Gasteiger partial charge on any atom is 0.335 e. The number of aryl methyl sites for hydroxylation is 2. The van der Waals surface area contributed by atoms with Gasteiger partial charge in [0, 0.05) is 18.9 Å². The summed E-state index contributed by atoms with van der Waals surface area (Å²) in [6.07, 6.45) is 5.75. The highest BCUT2D eigenvalue weighted by Crippen LogP contribution is 2.29. The van der Waals surface area contributed by atoms with Crippen molar-refractivity contribution in [3.05, 3.63) is 125 Å². The first-order valence-electron chi connectivity index (χ1n) is 10.9. The number of hydrogen-bond donors (Lipinski definition) is 1. The predicted octanol–water partition coefficient (Wildman–Crippen LogP) is 5.45. The van der Waals surface area contributed by atoms with E-state index in [9.17, 15) is 18.7 Å². The number of aromatic nitrogens is 2. The molecule has 1 heterocycles. The molecule has 1 atom stereocenters. The van der Waals surface area contributed by atoms with Crippen LogP contribution in [0.5, 0.6) is 0 Å². The van der Waals surface area contributed by atoms with Crippen molar-refractivity contribution >= 4 is 5.97 Å². The minimum atomic E-state index is -1.01. The summed E-state index contributed by atoms with van der Waals surface area (Å²) in [5.74, 6) is -1.67. The Bertz CT molecular complexity index is 1220. The van der Waals surface area contributed by atoms with Crippen molar-refractivity contribution in [1.82, 2.24) is 9.55 Å². The first-order chi connectivity index (χ1) is 16.5. The molecule has 0 saturated heterocycles. The Morgan fingerprint density at radius 3 is 2.26 bits per heavy atom. The molecule has 4 aromatic rings. The van der Waals surface area contributed by atoms with Crippen LogP contribution in [0.2, 0.25) is 0 Å². The van der Waals surface area contributed by atoms with E-state index in [1.165, 1.54) is 24.3 Å². The summed E-state index contributed by atoms with van der Waals surface area (Å²) in [7, 11) is 0. The lowest BCUT2D eigenvalue weighted by atomic mass is 9.93. The fraction of sp³-hybridized carbons (Fsp3) is 0.185. The molecule has 0 aliphatic heterocycles. The molecule has 5 nitrogen and oxygen atoms in total. The zero-order chi connectivity index (χ0) is 23.9. The Morgan fingerprint density at radius 2 is 1.62 bits per heavy atom. The molecular weight excluding hydrogens is 438 g/mol. The number of carboxylic acid groups (broad SMARTS) is 1. The van der Waals surface area contributed by atoms with E-state index in [1.807, 2.05) is 16.8 Å². The fourth-order valence-corrected chi connectivity index (χ4v) is 3.84. The number of carboxylic acids is 1. The number of rotatable bonds is 10.